The molecule has 1 unspecified atom stereocenters. The Bertz CT molecular complexity index is 295. The van der Waals surface area contributed by atoms with Gasteiger partial charge in [-0.2, -0.15) is 0 Å². The molecule has 10 heteroatoms. The summed E-state index contributed by atoms with van der Waals surface area (Å²) in [5.41, 5.74) is 0. The third-order valence-corrected chi connectivity index (χ3v) is 1.74. The summed E-state index contributed by atoms with van der Waals surface area (Å²) in [4.78, 5) is 35.2. The fourth-order valence-corrected chi connectivity index (χ4v) is 0.877. The molecule has 104 valence electrons. The zero-order chi connectivity index (χ0) is 14.0. The van der Waals surface area contributed by atoms with Gasteiger partial charge in [-0.25, -0.2) is 9.59 Å². The molecule has 0 aliphatic rings. The second kappa shape index (κ2) is 8.98. The van der Waals surface area contributed by atoms with Crippen LogP contribution in [0.2, 0.25) is 0 Å². The molecule has 0 saturated carbocycles. The third kappa shape index (κ3) is 8.10. The Morgan fingerprint density at radius 2 is 1.94 bits per heavy atom. The largest absolute Gasteiger partial charge is 0.480 e. The summed E-state index contributed by atoms with van der Waals surface area (Å²) in [6, 6.07) is -1.42. The number of hydrogen-bond acceptors (Lipinski definition) is 7. The number of carbonyl (C=O) groups is 2. The summed E-state index contributed by atoms with van der Waals surface area (Å²) in [7, 11) is 0. The lowest BCUT2D eigenvalue weighted by molar-refractivity contribution is -0.757. The molecule has 0 aliphatic heterocycles. The molecular weight excluding hydrogens is 252 g/mol. The highest BCUT2D eigenvalue weighted by Crippen LogP contribution is 1.93. The molecule has 0 rings (SSSR count). The number of hydrogen-bond donors (Lipinski definition) is 3. The molecule has 3 N–H and O–H groups in total. The van der Waals surface area contributed by atoms with Crippen LogP contribution in [0.1, 0.15) is 12.8 Å². The SMILES string of the molecule is O=C(NC(CO)C(=O)O)OCCCCO[N+](=O)[O-]. The van der Waals surface area contributed by atoms with Crippen molar-refractivity contribution in [2.75, 3.05) is 19.8 Å². The number of ether oxygens (including phenoxy) is 1. The van der Waals surface area contributed by atoms with Crippen molar-refractivity contribution in [1.29, 1.82) is 0 Å². The van der Waals surface area contributed by atoms with Crippen LogP contribution in [0.15, 0.2) is 0 Å². The monoisotopic (exact) mass is 266 g/mol. The highest BCUT2D eigenvalue weighted by Gasteiger charge is 2.19. The standard InChI is InChI=1S/C8H14N2O8/c11-5-6(7(12)13)9-8(14)17-3-1-2-4-18-10(15)16/h6,11H,1-5H2,(H,9,14)(H,12,13). The van der Waals surface area contributed by atoms with Crippen LogP contribution < -0.4 is 5.32 Å². The summed E-state index contributed by atoms with van der Waals surface area (Å²) < 4.78 is 4.58. The lowest BCUT2D eigenvalue weighted by atomic mass is 10.3. The Hall–Kier alpha value is -2.10. The molecule has 0 aromatic heterocycles. The first kappa shape index (κ1) is 15.9. The van der Waals surface area contributed by atoms with Gasteiger partial charge in [0.15, 0.2) is 6.04 Å². The van der Waals surface area contributed by atoms with Crippen molar-refractivity contribution in [3.05, 3.63) is 10.1 Å². The fraction of sp³-hybridized carbons (Fsp3) is 0.750. The van der Waals surface area contributed by atoms with E-state index < -0.39 is 29.8 Å². The number of carbonyl (C=O) groups excluding carboxylic acids is 1. The highest BCUT2D eigenvalue weighted by molar-refractivity contribution is 5.79. The van der Waals surface area contributed by atoms with Crippen LogP contribution in [-0.2, 0) is 14.4 Å². The molecule has 0 radical (unpaired) electrons. The molecular formula is C8H14N2O8. The number of aliphatic hydroxyl groups excluding tert-OH is 1. The molecule has 0 bridgehead atoms. The Kier molecular flexibility index (Phi) is 7.94. The number of nitrogens with one attached hydrogen (secondary N) is 1. The summed E-state index contributed by atoms with van der Waals surface area (Å²) >= 11 is 0. The average molecular weight is 266 g/mol. The van der Waals surface area contributed by atoms with E-state index >= 15 is 0 Å². The molecule has 0 spiro atoms. The van der Waals surface area contributed by atoms with Crippen LogP contribution in [0, 0.1) is 10.1 Å². The minimum Gasteiger partial charge on any atom is -0.480 e. The Labute approximate surface area is 102 Å². The first-order chi connectivity index (χ1) is 8.47. The van der Waals surface area contributed by atoms with Crippen LogP contribution in [0.5, 0.6) is 0 Å². The van der Waals surface area contributed by atoms with E-state index in [2.05, 4.69) is 9.57 Å². The molecule has 1 amide bonds. The number of carboxylic acids is 1. The zero-order valence-electron chi connectivity index (χ0n) is 9.40. The van der Waals surface area contributed by atoms with E-state index in [1.54, 1.807) is 0 Å². The third-order valence-electron chi connectivity index (χ3n) is 1.74. The van der Waals surface area contributed by atoms with E-state index in [1.807, 2.05) is 5.32 Å². The lowest BCUT2D eigenvalue weighted by Gasteiger charge is -2.11. The maximum Gasteiger partial charge on any atom is 0.407 e. The number of amides is 1. The van der Waals surface area contributed by atoms with Crippen molar-refractivity contribution in [2.24, 2.45) is 0 Å². The molecule has 0 saturated heterocycles. The van der Waals surface area contributed by atoms with Gasteiger partial charge in [0.05, 0.1) is 19.8 Å². The van der Waals surface area contributed by atoms with E-state index in [0.29, 0.717) is 12.8 Å². The van der Waals surface area contributed by atoms with Crippen LogP contribution in [0.4, 0.5) is 4.79 Å². The average Bonchev–Trinajstić information content (AvgIpc) is 2.29. The van der Waals surface area contributed by atoms with Crippen molar-refractivity contribution in [3.8, 4) is 0 Å². The minimum atomic E-state index is -1.42. The molecule has 0 heterocycles. The van der Waals surface area contributed by atoms with E-state index in [4.69, 9.17) is 10.2 Å². The normalized spacial score (nSPS) is 11.4. The van der Waals surface area contributed by atoms with Crippen molar-refractivity contribution < 1.29 is 34.5 Å². The van der Waals surface area contributed by atoms with Crippen LogP contribution >= 0.6 is 0 Å². The Morgan fingerprint density at radius 1 is 1.33 bits per heavy atom. The van der Waals surface area contributed by atoms with Gasteiger partial charge in [0.1, 0.15) is 0 Å². The Balaban J connectivity index is 3.59. The zero-order valence-corrected chi connectivity index (χ0v) is 9.40. The molecule has 1 atom stereocenters. The second-order valence-corrected chi connectivity index (χ2v) is 3.12. The molecule has 0 aliphatic carbocycles. The maximum absolute atomic E-state index is 11.0. The van der Waals surface area contributed by atoms with Gasteiger partial charge in [-0.3, -0.25) is 0 Å². The first-order valence-corrected chi connectivity index (χ1v) is 5.01. The van der Waals surface area contributed by atoms with Crippen molar-refractivity contribution >= 4 is 12.1 Å². The number of aliphatic hydroxyl groups is 1. The van der Waals surface area contributed by atoms with Crippen LogP contribution in [0.3, 0.4) is 0 Å². The molecule has 0 aromatic rings. The van der Waals surface area contributed by atoms with Crippen molar-refractivity contribution in [3.63, 3.8) is 0 Å². The van der Waals surface area contributed by atoms with E-state index in [-0.39, 0.29) is 13.2 Å². The minimum absolute atomic E-state index is 0.0370. The number of alkyl carbamates (subject to hydrolysis) is 1. The van der Waals surface area contributed by atoms with Crippen molar-refractivity contribution in [1.82, 2.24) is 5.32 Å². The second-order valence-electron chi connectivity index (χ2n) is 3.12. The highest BCUT2D eigenvalue weighted by atomic mass is 16.9. The van der Waals surface area contributed by atoms with Gasteiger partial charge >= 0.3 is 12.1 Å². The van der Waals surface area contributed by atoms with Gasteiger partial charge in [0.25, 0.3) is 5.09 Å². The van der Waals surface area contributed by atoms with E-state index in [1.165, 1.54) is 0 Å². The van der Waals surface area contributed by atoms with Gasteiger partial charge in [-0.15, -0.1) is 10.1 Å². The quantitative estimate of drug-likeness (QED) is 0.277. The molecule has 18 heavy (non-hydrogen) atoms. The fourth-order valence-electron chi connectivity index (χ4n) is 0.877. The maximum atomic E-state index is 11.0. The lowest BCUT2D eigenvalue weighted by Crippen LogP contribution is -2.43. The van der Waals surface area contributed by atoms with Gasteiger partial charge in [0, 0.05) is 0 Å². The summed E-state index contributed by atoms with van der Waals surface area (Å²) in [5.74, 6) is -1.38. The topological polar surface area (TPSA) is 148 Å². The number of unbranched alkanes of at least 4 members (excludes halogenated alkanes) is 1. The van der Waals surface area contributed by atoms with Crippen LogP contribution in [0.25, 0.3) is 0 Å². The summed E-state index contributed by atoms with van der Waals surface area (Å²) in [5, 5.41) is 27.9. The number of rotatable bonds is 9. The van der Waals surface area contributed by atoms with Crippen LogP contribution in [-0.4, -0.2) is 53.2 Å². The number of aliphatic carboxylic acids is 1. The summed E-state index contributed by atoms with van der Waals surface area (Å²) in [6.45, 7) is -0.891. The molecule has 0 aromatic carbocycles. The van der Waals surface area contributed by atoms with Gasteiger partial charge in [-0.05, 0) is 12.8 Å². The van der Waals surface area contributed by atoms with Gasteiger partial charge in [-0.1, -0.05) is 0 Å². The van der Waals surface area contributed by atoms with Gasteiger partial charge in [0.2, 0.25) is 0 Å². The first-order valence-electron chi connectivity index (χ1n) is 5.01. The predicted octanol–water partition coefficient (Wildman–Crippen LogP) is -0.853. The molecule has 0 fully saturated rings. The number of nitrogens with zero attached hydrogens (tertiary/aromatic N) is 1. The number of carboxylic acid groups (broad SMARTS) is 1. The van der Waals surface area contributed by atoms with Crippen molar-refractivity contribution in [2.45, 2.75) is 18.9 Å². The summed E-state index contributed by atoms with van der Waals surface area (Å²) in [6.07, 6.45) is -0.332. The predicted molar refractivity (Wildman–Crippen MR) is 55.2 cm³/mol. The molecule has 10 nitrogen and oxygen atoms in total. The van der Waals surface area contributed by atoms with E-state index in [9.17, 15) is 19.7 Å². The van der Waals surface area contributed by atoms with Gasteiger partial charge < -0.3 is 25.1 Å². The van der Waals surface area contributed by atoms with E-state index in [0.717, 1.165) is 0 Å². The Morgan fingerprint density at radius 3 is 2.44 bits per heavy atom. The smallest absolute Gasteiger partial charge is 0.407 e.